The summed E-state index contributed by atoms with van der Waals surface area (Å²) < 4.78 is 0. The lowest BCUT2D eigenvalue weighted by Gasteiger charge is -1.99. The minimum Gasteiger partial charge on any atom is -0.0882 e. The third-order valence-electron chi connectivity index (χ3n) is 4.49. The van der Waals surface area contributed by atoms with E-state index in [0.29, 0.717) is 0 Å². The Hall–Kier alpha value is -0.780. The quantitative estimate of drug-likeness (QED) is 0.173. The van der Waals surface area contributed by atoms with Crippen molar-refractivity contribution in [1.82, 2.24) is 0 Å². The fourth-order valence-electron chi connectivity index (χ4n) is 2.86. The first-order chi connectivity index (χ1) is 11.9. The highest BCUT2D eigenvalue weighted by molar-refractivity contribution is 4.97. The fraction of sp³-hybridized carbons (Fsp3) is 0.750. The van der Waals surface area contributed by atoms with E-state index in [1.165, 1.54) is 89.9 Å². The summed E-state index contributed by atoms with van der Waals surface area (Å²) in [5, 5.41) is 0. The standard InChI is InChI=1S/C24H44/c1-3-5-7-9-11-13-15-17-19-21-23-24-22-20-18-16-14-12-10-8-6-4-2/h13,15,19,21-22,24H,3-12,14,16-18,20,23H2,1-2H3. The summed E-state index contributed by atoms with van der Waals surface area (Å²) in [4.78, 5) is 0. The van der Waals surface area contributed by atoms with E-state index >= 15 is 0 Å². The highest BCUT2D eigenvalue weighted by atomic mass is 14.0. The molecule has 0 heteroatoms. The maximum Gasteiger partial charge on any atom is -0.0169 e. The minimum atomic E-state index is 1.10. The summed E-state index contributed by atoms with van der Waals surface area (Å²) in [6, 6.07) is 0. The van der Waals surface area contributed by atoms with Gasteiger partial charge in [0, 0.05) is 0 Å². The maximum absolute atomic E-state index is 2.37. The summed E-state index contributed by atoms with van der Waals surface area (Å²) in [5.74, 6) is 0. The van der Waals surface area contributed by atoms with E-state index in [0.717, 1.165) is 12.8 Å². The molecule has 0 fully saturated rings. The molecule has 140 valence electrons. The van der Waals surface area contributed by atoms with Crippen LogP contribution in [0.1, 0.15) is 117 Å². The molecule has 0 bridgehead atoms. The van der Waals surface area contributed by atoms with Gasteiger partial charge in [-0.1, -0.05) is 115 Å². The molecular formula is C24H44. The number of unbranched alkanes of at least 4 members (excludes halogenated alkanes) is 12. The van der Waals surface area contributed by atoms with Crippen molar-refractivity contribution in [3.05, 3.63) is 36.5 Å². The van der Waals surface area contributed by atoms with Crippen molar-refractivity contribution in [2.45, 2.75) is 117 Å². The Labute approximate surface area is 153 Å². The topological polar surface area (TPSA) is 0 Å². The smallest absolute Gasteiger partial charge is 0.0169 e. The largest absolute Gasteiger partial charge is 0.0882 e. The van der Waals surface area contributed by atoms with E-state index in [4.69, 9.17) is 0 Å². The lowest BCUT2D eigenvalue weighted by atomic mass is 10.1. The van der Waals surface area contributed by atoms with Gasteiger partial charge in [0.15, 0.2) is 0 Å². The Morgan fingerprint density at radius 2 is 0.708 bits per heavy atom. The zero-order valence-corrected chi connectivity index (χ0v) is 16.8. The average Bonchev–Trinajstić information content (AvgIpc) is 2.60. The van der Waals surface area contributed by atoms with E-state index in [2.05, 4.69) is 50.3 Å². The van der Waals surface area contributed by atoms with Gasteiger partial charge in [-0.05, 0) is 38.5 Å². The SMILES string of the molecule is CCCCCCC=CCC=CCC=CCCCCCCCCCC. The van der Waals surface area contributed by atoms with Crippen molar-refractivity contribution in [2.24, 2.45) is 0 Å². The molecule has 0 saturated carbocycles. The van der Waals surface area contributed by atoms with Gasteiger partial charge in [0.25, 0.3) is 0 Å². The lowest BCUT2D eigenvalue weighted by Crippen LogP contribution is -1.79. The molecule has 0 heterocycles. The summed E-state index contributed by atoms with van der Waals surface area (Å²) in [6.45, 7) is 4.55. The normalized spacial score (nSPS) is 12.2. The van der Waals surface area contributed by atoms with Gasteiger partial charge in [0.1, 0.15) is 0 Å². The number of rotatable bonds is 18. The number of allylic oxidation sites excluding steroid dienone is 6. The average molecular weight is 333 g/mol. The zero-order valence-electron chi connectivity index (χ0n) is 16.8. The van der Waals surface area contributed by atoms with Crippen LogP contribution in [0.15, 0.2) is 36.5 Å². The Morgan fingerprint density at radius 3 is 1.17 bits per heavy atom. The van der Waals surface area contributed by atoms with E-state index in [-0.39, 0.29) is 0 Å². The molecule has 0 rings (SSSR count). The maximum atomic E-state index is 2.37. The molecule has 0 aliphatic rings. The molecule has 0 aromatic heterocycles. The third kappa shape index (κ3) is 21.2. The third-order valence-corrected chi connectivity index (χ3v) is 4.49. The van der Waals surface area contributed by atoms with Crippen LogP contribution in [0.2, 0.25) is 0 Å². The first-order valence-corrected chi connectivity index (χ1v) is 10.9. The lowest BCUT2D eigenvalue weighted by molar-refractivity contribution is 0.577. The predicted octanol–water partition coefficient (Wildman–Crippen LogP) is 8.94. The summed E-state index contributed by atoms with van der Waals surface area (Å²) in [7, 11) is 0. The fourth-order valence-corrected chi connectivity index (χ4v) is 2.86. The molecule has 0 amide bonds. The highest BCUT2D eigenvalue weighted by Crippen LogP contribution is 2.10. The van der Waals surface area contributed by atoms with Crippen molar-refractivity contribution < 1.29 is 0 Å². The van der Waals surface area contributed by atoms with E-state index in [9.17, 15) is 0 Å². The van der Waals surface area contributed by atoms with Crippen LogP contribution in [0.25, 0.3) is 0 Å². The van der Waals surface area contributed by atoms with Gasteiger partial charge in [-0.2, -0.15) is 0 Å². The molecule has 0 saturated heterocycles. The molecule has 0 aliphatic carbocycles. The van der Waals surface area contributed by atoms with Crippen molar-refractivity contribution in [2.75, 3.05) is 0 Å². The summed E-state index contributed by atoms with van der Waals surface area (Å²) in [6.07, 6.45) is 35.4. The molecule has 0 atom stereocenters. The van der Waals surface area contributed by atoms with E-state index in [1.807, 2.05) is 0 Å². The van der Waals surface area contributed by atoms with Crippen LogP contribution in [0.5, 0.6) is 0 Å². The van der Waals surface area contributed by atoms with Gasteiger partial charge in [0.05, 0.1) is 0 Å². The highest BCUT2D eigenvalue weighted by Gasteiger charge is 1.90. The molecule has 0 nitrogen and oxygen atoms in total. The van der Waals surface area contributed by atoms with E-state index in [1.54, 1.807) is 0 Å². The van der Waals surface area contributed by atoms with Crippen LogP contribution in [-0.4, -0.2) is 0 Å². The van der Waals surface area contributed by atoms with Crippen molar-refractivity contribution in [1.29, 1.82) is 0 Å². The Bertz CT molecular complexity index is 295. The van der Waals surface area contributed by atoms with Crippen LogP contribution in [0, 0.1) is 0 Å². The zero-order chi connectivity index (χ0) is 17.6. The predicted molar refractivity (Wildman–Crippen MR) is 113 cm³/mol. The van der Waals surface area contributed by atoms with Crippen LogP contribution < -0.4 is 0 Å². The second-order valence-electron chi connectivity index (χ2n) is 7.00. The molecule has 0 aromatic carbocycles. The Balaban J connectivity index is 3.23. The molecule has 0 unspecified atom stereocenters. The summed E-state index contributed by atoms with van der Waals surface area (Å²) in [5.41, 5.74) is 0. The number of hydrogen-bond acceptors (Lipinski definition) is 0. The van der Waals surface area contributed by atoms with E-state index < -0.39 is 0 Å². The first-order valence-electron chi connectivity index (χ1n) is 10.9. The molecule has 0 spiro atoms. The van der Waals surface area contributed by atoms with Crippen LogP contribution in [-0.2, 0) is 0 Å². The molecule has 0 aromatic rings. The van der Waals surface area contributed by atoms with Crippen LogP contribution in [0.3, 0.4) is 0 Å². The summed E-state index contributed by atoms with van der Waals surface area (Å²) >= 11 is 0. The van der Waals surface area contributed by atoms with Gasteiger partial charge in [-0.15, -0.1) is 0 Å². The Morgan fingerprint density at radius 1 is 0.375 bits per heavy atom. The first kappa shape index (κ1) is 23.2. The van der Waals surface area contributed by atoms with Gasteiger partial charge in [-0.25, -0.2) is 0 Å². The van der Waals surface area contributed by atoms with Gasteiger partial charge in [0.2, 0.25) is 0 Å². The molecule has 24 heavy (non-hydrogen) atoms. The monoisotopic (exact) mass is 332 g/mol. The molecule has 0 N–H and O–H groups in total. The van der Waals surface area contributed by atoms with Gasteiger partial charge >= 0.3 is 0 Å². The van der Waals surface area contributed by atoms with Crippen molar-refractivity contribution in [3.63, 3.8) is 0 Å². The minimum absolute atomic E-state index is 1.10. The second kappa shape index (κ2) is 22.2. The molecule has 0 aliphatic heterocycles. The van der Waals surface area contributed by atoms with Crippen molar-refractivity contribution in [3.8, 4) is 0 Å². The Kier molecular flexibility index (Phi) is 21.5. The number of hydrogen-bond donors (Lipinski definition) is 0. The molecular weight excluding hydrogens is 288 g/mol. The van der Waals surface area contributed by atoms with Crippen LogP contribution in [0.4, 0.5) is 0 Å². The molecule has 0 radical (unpaired) electrons. The second-order valence-corrected chi connectivity index (χ2v) is 7.00. The van der Waals surface area contributed by atoms with Gasteiger partial charge < -0.3 is 0 Å². The van der Waals surface area contributed by atoms with Crippen molar-refractivity contribution >= 4 is 0 Å². The van der Waals surface area contributed by atoms with Gasteiger partial charge in [-0.3, -0.25) is 0 Å². The van der Waals surface area contributed by atoms with Crippen LogP contribution >= 0.6 is 0 Å².